The molecule has 4 rings (SSSR count). The maximum atomic E-state index is 13.2. The number of hydrogen-bond donors (Lipinski definition) is 0. The third-order valence-corrected chi connectivity index (χ3v) is 7.92. The second kappa shape index (κ2) is 7.85. The highest BCUT2D eigenvalue weighted by Gasteiger charge is 2.30. The van der Waals surface area contributed by atoms with Gasteiger partial charge in [0.1, 0.15) is 5.03 Å². The van der Waals surface area contributed by atoms with Crippen molar-refractivity contribution in [2.45, 2.75) is 35.6 Å². The molecule has 6 nitrogen and oxygen atoms in total. The fraction of sp³-hybridized carbons (Fsp3) is 0.400. The Labute approximate surface area is 170 Å². The molecule has 0 spiro atoms. The van der Waals surface area contributed by atoms with E-state index < -0.39 is 10.0 Å². The number of carbonyl (C=O) groups excluding carboxylic acids is 1. The van der Waals surface area contributed by atoms with Gasteiger partial charge in [0.15, 0.2) is 0 Å². The first-order valence-electron chi connectivity index (χ1n) is 9.46. The molecule has 1 amide bonds. The van der Waals surface area contributed by atoms with E-state index in [2.05, 4.69) is 4.98 Å². The lowest BCUT2D eigenvalue weighted by atomic mass is 10.0. The first kappa shape index (κ1) is 19.4. The van der Waals surface area contributed by atoms with Crippen molar-refractivity contribution in [1.82, 2.24) is 9.29 Å². The second-order valence-corrected chi connectivity index (χ2v) is 9.76. The molecule has 0 saturated carbocycles. The number of carbonyl (C=O) groups is 1. The quantitative estimate of drug-likeness (QED) is 0.715. The van der Waals surface area contributed by atoms with Crippen molar-refractivity contribution < 1.29 is 13.2 Å². The van der Waals surface area contributed by atoms with E-state index in [9.17, 15) is 13.2 Å². The number of aromatic nitrogens is 1. The summed E-state index contributed by atoms with van der Waals surface area (Å²) < 4.78 is 27.3. The highest BCUT2D eigenvalue weighted by molar-refractivity contribution is 7.98. The minimum absolute atomic E-state index is 0.0893. The van der Waals surface area contributed by atoms with Crippen LogP contribution < -0.4 is 4.90 Å². The summed E-state index contributed by atoms with van der Waals surface area (Å²) in [6.07, 6.45) is 6.98. The van der Waals surface area contributed by atoms with Crippen molar-refractivity contribution in [2.24, 2.45) is 0 Å². The monoisotopic (exact) mass is 417 g/mol. The van der Waals surface area contributed by atoms with E-state index in [4.69, 9.17) is 0 Å². The lowest BCUT2D eigenvalue weighted by molar-refractivity contribution is 0.0981. The van der Waals surface area contributed by atoms with Crippen molar-refractivity contribution in [3.8, 4) is 0 Å². The standard InChI is InChI=1S/C20H23N3O3S2/c1-27-19-17(7-4-10-21-19)20(24)23-13-5-6-15-14-16(8-9-18(15)23)28(25,26)22-11-2-3-12-22/h4,7-10,14H,2-3,5-6,11-13H2,1H3. The van der Waals surface area contributed by atoms with Gasteiger partial charge in [0.2, 0.25) is 10.0 Å². The number of amides is 1. The van der Waals surface area contributed by atoms with Crippen molar-refractivity contribution in [3.63, 3.8) is 0 Å². The topological polar surface area (TPSA) is 70.6 Å². The molecule has 0 radical (unpaired) electrons. The maximum Gasteiger partial charge on any atom is 0.261 e. The summed E-state index contributed by atoms with van der Waals surface area (Å²) in [7, 11) is -3.46. The minimum Gasteiger partial charge on any atom is -0.308 e. The zero-order valence-corrected chi connectivity index (χ0v) is 17.4. The summed E-state index contributed by atoms with van der Waals surface area (Å²) in [6.45, 7) is 1.79. The van der Waals surface area contributed by atoms with E-state index in [1.54, 1.807) is 45.7 Å². The van der Waals surface area contributed by atoms with Gasteiger partial charge in [-0.3, -0.25) is 4.79 Å². The van der Waals surface area contributed by atoms with Gasteiger partial charge >= 0.3 is 0 Å². The lowest BCUT2D eigenvalue weighted by Gasteiger charge is -2.30. The Morgan fingerprint density at radius 1 is 1.11 bits per heavy atom. The number of nitrogens with zero attached hydrogens (tertiary/aromatic N) is 3. The average Bonchev–Trinajstić information content (AvgIpc) is 3.28. The number of anilines is 1. The SMILES string of the molecule is CSc1ncccc1C(=O)N1CCCc2cc(S(=O)(=O)N3CCCC3)ccc21. The van der Waals surface area contributed by atoms with Crippen LogP contribution in [0, 0.1) is 0 Å². The van der Waals surface area contributed by atoms with Crippen LogP contribution in [0.2, 0.25) is 0 Å². The number of pyridine rings is 1. The van der Waals surface area contributed by atoms with Gasteiger partial charge < -0.3 is 4.90 Å². The van der Waals surface area contributed by atoms with Crippen molar-refractivity contribution in [3.05, 3.63) is 47.7 Å². The van der Waals surface area contributed by atoms with Crippen LogP contribution in [-0.4, -0.2) is 49.5 Å². The van der Waals surface area contributed by atoms with Crippen molar-refractivity contribution >= 4 is 33.4 Å². The Hall–Kier alpha value is -1.90. The summed E-state index contributed by atoms with van der Waals surface area (Å²) >= 11 is 1.45. The van der Waals surface area contributed by atoms with Crippen LogP contribution >= 0.6 is 11.8 Å². The van der Waals surface area contributed by atoms with Crippen LogP contribution in [-0.2, 0) is 16.4 Å². The van der Waals surface area contributed by atoms with Gasteiger partial charge in [-0.15, -0.1) is 11.8 Å². The number of rotatable bonds is 4. The maximum absolute atomic E-state index is 13.2. The fourth-order valence-corrected chi connectivity index (χ4v) is 5.99. The first-order valence-corrected chi connectivity index (χ1v) is 12.1. The molecule has 1 aromatic carbocycles. The summed E-state index contributed by atoms with van der Waals surface area (Å²) in [5.41, 5.74) is 2.29. The van der Waals surface area contributed by atoms with Gasteiger partial charge in [-0.05, 0) is 67.8 Å². The molecule has 0 aliphatic carbocycles. The van der Waals surface area contributed by atoms with E-state index >= 15 is 0 Å². The molecular formula is C20H23N3O3S2. The summed E-state index contributed by atoms with van der Waals surface area (Å²) in [4.78, 5) is 19.5. The predicted molar refractivity (Wildman–Crippen MR) is 110 cm³/mol. The molecule has 2 aromatic rings. The molecule has 0 bridgehead atoms. The van der Waals surface area contributed by atoms with E-state index in [1.165, 1.54) is 11.8 Å². The van der Waals surface area contributed by atoms with Gasteiger partial charge in [-0.1, -0.05) is 0 Å². The molecule has 28 heavy (non-hydrogen) atoms. The predicted octanol–water partition coefficient (Wildman–Crippen LogP) is 3.18. The number of benzene rings is 1. The Balaban J connectivity index is 1.68. The van der Waals surface area contributed by atoms with Crippen LogP contribution in [0.5, 0.6) is 0 Å². The average molecular weight is 418 g/mol. The second-order valence-electron chi connectivity index (χ2n) is 7.02. The third-order valence-electron chi connectivity index (χ3n) is 5.31. The normalized spacial score (nSPS) is 17.5. The third kappa shape index (κ3) is 3.44. The molecule has 8 heteroatoms. The number of fused-ring (bicyclic) bond motifs is 1. The van der Waals surface area contributed by atoms with E-state index in [0.717, 1.165) is 36.9 Å². The molecule has 1 aromatic heterocycles. The summed E-state index contributed by atoms with van der Waals surface area (Å²) in [6, 6.07) is 8.73. The highest BCUT2D eigenvalue weighted by Crippen LogP contribution is 2.33. The molecule has 148 valence electrons. The molecule has 1 fully saturated rings. The highest BCUT2D eigenvalue weighted by atomic mass is 32.2. The fourth-order valence-electron chi connectivity index (χ4n) is 3.88. The van der Waals surface area contributed by atoms with E-state index in [-0.39, 0.29) is 5.91 Å². The van der Waals surface area contributed by atoms with Crippen LogP contribution in [0.3, 0.4) is 0 Å². The van der Waals surface area contributed by atoms with E-state index in [1.807, 2.05) is 6.26 Å². The van der Waals surface area contributed by atoms with Gasteiger partial charge in [-0.25, -0.2) is 13.4 Å². The molecule has 0 N–H and O–H groups in total. The lowest BCUT2D eigenvalue weighted by Crippen LogP contribution is -2.36. The van der Waals surface area contributed by atoms with Crippen LogP contribution in [0.25, 0.3) is 0 Å². The van der Waals surface area contributed by atoms with Crippen molar-refractivity contribution in [1.29, 1.82) is 0 Å². The summed E-state index contributed by atoms with van der Waals surface area (Å²) in [5.74, 6) is -0.0893. The van der Waals surface area contributed by atoms with Crippen molar-refractivity contribution in [2.75, 3.05) is 30.8 Å². The molecule has 0 atom stereocenters. The largest absolute Gasteiger partial charge is 0.308 e. The number of aryl methyl sites for hydroxylation is 1. The zero-order valence-electron chi connectivity index (χ0n) is 15.8. The van der Waals surface area contributed by atoms with Gasteiger partial charge in [0.25, 0.3) is 5.91 Å². The van der Waals surface area contributed by atoms with Gasteiger partial charge in [0, 0.05) is 31.5 Å². The minimum atomic E-state index is -3.46. The van der Waals surface area contributed by atoms with Crippen LogP contribution in [0.15, 0.2) is 46.5 Å². The first-order chi connectivity index (χ1) is 13.5. The van der Waals surface area contributed by atoms with Gasteiger partial charge in [0.05, 0.1) is 10.5 Å². The molecular weight excluding hydrogens is 394 g/mol. The molecule has 1 saturated heterocycles. The smallest absolute Gasteiger partial charge is 0.261 e. The summed E-state index contributed by atoms with van der Waals surface area (Å²) in [5, 5.41) is 0.702. The van der Waals surface area contributed by atoms with E-state index in [0.29, 0.717) is 35.1 Å². The molecule has 3 heterocycles. The molecule has 0 unspecified atom stereocenters. The Bertz CT molecular complexity index is 1000. The van der Waals surface area contributed by atoms with Crippen LogP contribution in [0.4, 0.5) is 5.69 Å². The Morgan fingerprint density at radius 2 is 1.89 bits per heavy atom. The Kier molecular flexibility index (Phi) is 5.44. The molecule has 2 aliphatic heterocycles. The van der Waals surface area contributed by atoms with Gasteiger partial charge in [-0.2, -0.15) is 4.31 Å². The number of sulfonamides is 1. The Morgan fingerprint density at radius 3 is 2.64 bits per heavy atom. The van der Waals surface area contributed by atoms with Crippen LogP contribution in [0.1, 0.15) is 35.2 Å². The number of thioether (sulfide) groups is 1. The number of hydrogen-bond acceptors (Lipinski definition) is 5. The zero-order chi connectivity index (χ0) is 19.7. The molecule has 2 aliphatic rings.